The Morgan fingerprint density at radius 2 is 1.88 bits per heavy atom. The van der Waals surface area contributed by atoms with E-state index in [0.29, 0.717) is 24.8 Å². The van der Waals surface area contributed by atoms with Gasteiger partial charge in [-0.15, -0.1) is 0 Å². The summed E-state index contributed by atoms with van der Waals surface area (Å²) in [6.45, 7) is 2.96. The maximum absolute atomic E-state index is 12.9. The molecular formula is C25H28BrFN4O2S. The molecule has 1 aliphatic heterocycles. The van der Waals surface area contributed by atoms with Crippen LogP contribution < -0.4 is 5.32 Å². The van der Waals surface area contributed by atoms with Gasteiger partial charge in [0.25, 0.3) is 0 Å². The Labute approximate surface area is 211 Å². The maximum atomic E-state index is 12.9. The van der Waals surface area contributed by atoms with Crippen LogP contribution in [-0.2, 0) is 17.1 Å². The molecule has 2 aromatic carbocycles. The van der Waals surface area contributed by atoms with Crippen LogP contribution in [0.25, 0.3) is 11.4 Å². The third kappa shape index (κ3) is 7.38. The lowest BCUT2D eigenvalue weighted by molar-refractivity contribution is -0.126. The van der Waals surface area contributed by atoms with Crippen molar-refractivity contribution in [3.8, 4) is 11.4 Å². The summed E-state index contributed by atoms with van der Waals surface area (Å²) in [5, 5.41) is 7.18. The first-order valence-electron chi connectivity index (χ1n) is 11.5. The van der Waals surface area contributed by atoms with Gasteiger partial charge in [0.15, 0.2) is 0 Å². The van der Waals surface area contributed by atoms with Crippen molar-refractivity contribution in [1.29, 1.82) is 0 Å². The standard InChI is InChI=1S/C25H28BrFN4O2S/c26-21-6-4-19(5-7-21)24-29-23(33-30-24)16-31-13-10-20(11-14-31)25(32)28-12-1-15-34-17-18-2-8-22(27)9-3-18/h2-9,20H,1,10-17H2,(H,28,32). The van der Waals surface area contributed by atoms with Crippen LogP contribution in [0.2, 0.25) is 0 Å². The van der Waals surface area contributed by atoms with Crippen LogP contribution >= 0.6 is 27.7 Å². The predicted octanol–water partition coefficient (Wildman–Crippen LogP) is 5.29. The van der Waals surface area contributed by atoms with Gasteiger partial charge in [0.2, 0.25) is 17.6 Å². The zero-order chi connectivity index (χ0) is 23.8. The van der Waals surface area contributed by atoms with Gasteiger partial charge in [-0.25, -0.2) is 4.39 Å². The fraction of sp³-hybridized carbons (Fsp3) is 0.400. The molecule has 0 radical (unpaired) electrons. The fourth-order valence-electron chi connectivity index (χ4n) is 3.88. The van der Waals surface area contributed by atoms with Crippen LogP contribution in [0.4, 0.5) is 4.39 Å². The van der Waals surface area contributed by atoms with Crippen molar-refractivity contribution < 1.29 is 13.7 Å². The largest absolute Gasteiger partial charge is 0.356 e. The Kier molecular flexibility index (Phi) is 9.12. The number of aromatic nitrogens is 2. The van der Waals surface area contributed by atoms with Gasteiger partial charge in [-0.1, -0.05) is 33.2 Å². The highest BCUT2D eigenvalue weighted by Crippen LogP contribution is 2.22. The molecule has 4 rings (SSSR count). The molecule has 2 heterocycles. The van der Waals surface area contributed by atoms with Crippen molar-refractivity contribution in [2.75, 3.05) is 25.4 Å². The number of nitrogens with zero attached hydrogens (tertiary/aromatic N) is 3. The van der Waals surface area contributed by atoms with Crippen molar-refractivity contribution >= 4 is 33.6 Å². The molecule has 0 saturated carbocycles. The number of hydrogen-bond donors (Lipinski definition) is 1. The van der Waals surface area contributed by atoms with E-state index in [0.717, 1.165) is 59.5 Å². The summed E-state index contributed by atoms with van der Waals surface area (Å²) in [6, 6.07) is 14.4. The number of halogens is 2. The number of benzene rings is 2. The van der Waals surface area contributed by atoms with Gasteiger partial charge >= 0.3 is 0 Å². The zero-order valence-electron chi connectivity index (χ0n) is 18.9. The molecule has 0 atom stereocenters. The second-order valence-electron chi connectivity index (χ2n) is 8.39. The van der Waals surface area contributed by atoms with E-state index in [1.54, 1.807) is 11.8 Å². The summed E-state index contributed by atoms with van der Waals surface area (Å²) in [4.78, 5) is 19.3. The molecule has 0 spiro atoms. The molecule has 9 heteroatoms. The summed E-state index contributed by atoms with van der Waals surface area (Å²) in [5.74, 6) is 3.01. The Balaban J connectivity index is 1.10. The van der Waals surface area contributed by atoms with E-state index in [2.05, 4.69) is 36.3 Å². The van der Waals surface area contributed by atoms with Crippen LogP contribution in [0.3, 0.4) is 0 Å². The Morgan fingerprint density at radius 1 is 1.15 bits per heavy atom. The zero-order valence-corrected chi connectivity index (χ0v) is 21.3. The molecule has 0 aliphatic carbocycles. The lowest BCUT2D eigenvalue weighted by atomic mass is 9.96. The molecule has 34 heavy (non-hydrogen) atoms. The highest BCUT2D eigenvalue weighted by molar-refractivity contribution is 9.10. The van der Waals surface area contributed by atoms with E-state index in [-0.39, 0.29) is 17.6 Å². The van der Waals surface area contributed by atoms with Gasteiger partial charge in [-0.3, -0.25) is 9.69 Å². The number of rotatable bonds is 10. The minimum Gasteiger partial charge on any atom is -0.356 e. The molecule has 1 saturated heterocycles. The molecule has 1 fully saturated rings. The highest BCUT2D eigenvalue weighted by atomic mass is 79.9. The minimum atomic E-state index is -0.206. The van der Waals surface area contributed by atoms with Crippen LogP contribution in [0.5, 0.6) is 0 Å². The van der Waals surface area contributed by atoms with E-state index >= 15 is 0 Å². The summed E-state index contributed by atoms with van der Waals surface area (Å²) in [5.41, 5.74) is 2.04. The average molecular weight is 547 g/mol. The smallest absolute Gasteiger partial charge is 0.241 e. The predicted molar refractivity (Wildman–Crippen MR) is 136 cm³/mol. The van der Waals surface area contributed by atoms with E-state index in [4.69, 9.17) is 4.52 Å². The normalized spacial score (nSPS) is 14.9. The number of piperidine rings is 1. The fourth-order valence-corrected chi connectivity index (χ4v) is 5.07. The van der Waals surface area contributed by atoms with Crippen LogP contribution in [0.1, 0.15) is 30.7 Å². The molecule has 1 N–H and O–H groups in total. The van der Waals surface area contributed by atoms with Gasteiger partial charge in [0.1, 0.15) is 5.82 Å². The Bertz CT molecular complexity index is 1050. The molecule has 0 bridgehead atoms. The lowest BCUT2D eigenvalue weighted by Gasteiger charge is -2.30. The molecule has 1 amide bonds. The highest BCUT2D eigenvalue weighted by Gasteiger charge is 2.25. The number of likely N-dealkylation sites (tertiary alicyclic amines) is 1. The van der Waals surface area contributed by atoms with Crippen molar-refractivity contribution in [3.63, 3.8) is 0 Å². The monoisotopic (exact) mass is 546 g/mol. The SMILES string of the molecule is O=C(NCCCSCc1ccc(F)cc1)C1CCN(Cc2nc(-c3ccc(Br)cc3)no2)CC1. The molecule has 1 aliphatic rings. The second-order valence-corrected chi connectivity index (χ2v) is 10.4. The first kappa shape index (κ1) is 24.9. The Hall–Kier alpha value is -2.23. The van der Waals surface area contributed by atoms with Crippen LogP contribution in [-0.4, -0.2) is 46.3 Å². The third-order valence-electron chi connectivity index (χ3n) is 5.83. The second kappa shape index (κ2) is 12.5. The number of amides is 1. The summed E-state index contributed by atoms with van der Waals surface area (Å²) in [6.07, 6.45) is 2.59. The Morgan fingerprint density at radius 3 is 2.62 bits per heavy atom. The molecule has 1 aromatic heterocycles. The number of nitrogens with one attached hydrogen (secondary N) is 1. The summed E-state index contributed by atoms with van der Waals surface area (Å²) in [7, 11) is 0. The van der Waals surface area contributed by atoms with Crippen molar-refractivity contribution in [3.05, 3.63) is 70.3 Å². The van der Waals surface area contributed by atoms with E-state index < -0.39 is 0 Å². The van der Waals surface area contributed by atoms with Crippen LogP contribution in [0, 0.1) is 11.7 Å². The minimum absolute atomic E-state index is 0.0594. The molecule has 6 nitrogen and oxygen atoms in total. The number of hydrogen-bond acceptors (Lipinski definition) is 6. The van der Waals surface area contributed by atoms with Crippen LogP contribution in [0.15, 0.2) is 57.5 Å². The summed E-state index contributed by atoms with van der Waals surface area (Å²) >= 11 is 5.23. The van der Waals surface area contributed by atoms with Crippen molar-refractivity contribution in [1.82, 2.24) is 20.4 Å². The first-order chi connectivity index (χ1) is 16.6. The lowest BCUT2D eigenvalue weighted by Crippen LogP contribution is -2.40. The molecule has 0 unspecified atom stereocenters. The van der Waals surface area contributed by atoms with Gasteiger partial charge in [-0.2, -0.15) is 16.7 Å². The van der Waals surface area contributed by atoms with Crippen molar-refractivity contribution in [2.24, 2.45) is 5.92 Å². The topological polar surface area (TPSA) is 71.3 Å². The number of carbonyl (C=O) groups excluding carboxylic acids is 1. The van der Waals surface area contributed by atoms with E-state index in [9.17, 15) is 9.18 Å². The van der Waals surface area contributed by atoms with Gasteiger partial charge < -0.3 is 9.84 Å². The summed E-state index contributed by atoms with van der Waals surface area (Å²) < 4.78 is 19.4. The first-order valence-corrected chi connectivity index (χ1v) is 13.4. The van der Waals surface area contributed by atoms with Gasteiger partial charge in [0.05, 0.1) is 6.54 Å². The number of carbonyl (C=O) groups is 1. The van der Waals surface area contributed by atoms with E-state index in [1.807, 2.05) is 36.4 Å². The van der Waals surface area contributed by atoms with E-state index in [1.165, 1.54) is 12.1 Å². The van der Waals surface area contributed by atoms with Crippen molar-refractivity contribution in [2.45, 2.75) is 31.6 Å². The average Bonchev–Trinajstić information content (AvgIpc) is 3.31. The third-order valence-corrected chi connectivity index (χ3v) is 7.48. The molecule has 3 aromatic rings. The number of thioether (sulfide) groups is 1. The van der Waals surface area contributed by atoms with Gasteiger partial charge in [-0.05, 0) is 80.1 Å². The molecule has 180 valence electrons. The maximum Gasteiger partial charge on any atom is 0.241 e. The molecular weight excluding hydrogens is 519 g/mol. The van der Waals surface area contributed by atoms with Gasteiger partial charge in [0, 0.05) is 28.3 Å². The quantitative estimate of drug-likeness (QED) is 0.348.